The topological polar surface area (TPSA) is 78.5 Å². The highest BCUT2D eigenvalue weighted by atomic mass is 19.1. The first kappa shape index (κ1) is 20.3. The number of likely N-dealkylation sites (tertiary alicyclic amines) is 1. The van der Waals surface area contributed by atoms with Crippen molar-refractivity contribution in [2.75, 3.05) is 19.7 Å². The zero-order chi connectivity index (χ0) is 20.1. The van der Waals surface area contributed by atoms with Crippen LogP contribution in [0.15, 0.2) is 24.3 Å². The summed E-state index contributed by atoms with van der Waals surface area (Å²) in [6.07, 6.45) is 2.85. The lowest BCUT2D eigenvalue weighted by atomic mass is 9.96. The summed E-state index contributed by atoms with van der Waals surface area (Å²) < 4.78 is 18.6. The number of carbonyl (C=O) groups excluding carboxylic acids is 1. The fraction of sp³-hybridized carbons (Fsp3) is 0.524. The first-order chi connectivity index (χ1) is 13.4. The first-order valence-corrected chi connectivity index (χ1v) is 9.75. The predicted molar refractivity (Wildman–Crippen MR) is 104 cm³/mol. The molecule has 1 saturated heterocycles. The Hall–Kier alpha value is -2.41. The lowest BCUT2D eigenvalue weighted by Gasteiger charge is -2.27. The number of nitrogens with zero attached hydrogens (tertiary/aromatic N) is 2. The summed E-state index contributed by atoms with van der Waals surface area (Å²) in [4.78, 5) is 14.5. The number of nitrogens with one attached hydrogen (secondary N) is 1. The van der Waals surface area contributed by atoms with Crippen molar-refractivity contribution >= 4 is 5.91 Å². The van der Waals surface area contributed by atoms with E-state index in [0.717, 1.165) is 23.4 Å². The summed E-state index contributed by atoms with van der Waals surface area (Å²) in [6.45, 7) is 5.18. The Morgan fingerprint density at radius 3 is 2.71 bits per heavy atom. The Morgan fingerprint density at radius 2 is 2.04 bits per heavy atom. The van der Waals surface area contributed by atoms with E-state index >= 15 is 0 Å². The average molecular weight is 389 g/mol. The van der Waals surface area contributed by atoms with E-state index in [-0.39, 0.29) is 18.3 Å². The summed E-state index contributed by atoms with van der Waals surface area (Å²) in [6, 6.07) is 5.75. The fourth-order valence-electron chi connectivity index (χ4n) is 3.65. The van der Waals surface area contributed by atoms with Crippen LogP contribution in [-0.4, -0.2) is 51.4 Å². The molecule has 0 saturated carbocycles. The maximum atomic E-state index is 13.0. The smallest absolute Gasteiger partial charge is 0.222 e. The number of H-pyrrole nitrogens is 1. The summed E-state index contributed by atoms with van der Waals surface area (Å²) in [5.41, 5.74) is 2.07. The molecule has 1 aromatic heterocycles. The number of aromatic nitrogens is 2. The van der Waals surface area contributed by atoms with Crippen molar-refractivity contribution in [2.24, 2.45) is 0 Å². The number of halogens is 1. The molecule has 1 atom stereocenters. The van der Waals surface area contributed by atoms with Gasteiger partial charge in [-0.1, -0.05) is 0 Å². The van der Waals surface area contributed by atoms with E-state index in [1.54, 1.807) is 12.1 Å². The highest BCUT2D eigenvalue weighted by molar-refractivity contribution is 5.76. The lowest BCUT2D eigenvalue weighted by molar-refractivity contribution is -0.131. The molecule has 1 amide bonds. The van der Waals surface area contributed by atoms with Crippen LogP contribution in [0.4, 0.5) is 4.39 Å². The molecule has 2 N–H and O–H groups in total. The zero-order valence-electron chi connectivity index (χ0n) is 16.5. The van der Waals surface area contributed by atoms with Gasteiger partial charge < -0.3 is 14.7 Å². The maximum absolute atomic E-state index is 13.0. The summed E-state index contributed by atoms with van der Waals surface area (Å²) in [5.74, 6) is 0.303. The SMILES string of the molecule is Cc1n[nH]c(C)c1CCC(=O)N1CCCC(O)(COc2ccc(F)cc2)CC1. The van der Waals surface area contributed by atoms with Crippen LogP contribution >= 0.6 is 0 Å². The van der Waals surface area contributed by atoms with Crippen molar-refractivity contribution in [2.45, 2.75) is 51.6 Å². The molecule has 1 aromatic carbocycles. The molecular weight excluding hydrogens is 361 g/mol. The van der Waals surface area contributed by atoms with E-state index in [4.69, 9.17) is 4.74 Å². The number of aromatic amines is 1. The molecule has 0 radical (unpaired) electrons. The monoisotopic (exact) mass is 389 g/mol. The van der Waals surface area contributed by atoms with Gasteiger partial charge in [0, 0.05) is 25.2 Å². The van der Waals surface area contributed by atoms with Gasteiger partial charge in [0.1, 0.15) is 23.8 Å². The van der Waals surface area contributed by atoms with Crippen molar-refractivity contribution in [1.29, 1.82) is 0 Å². The third kappa shape index (κ3) is 5.10. The fourth-order valence-corrected chi connectivity index (χ4v) is 3.65. The number of hydrogen-bond acceptors (Lipinski definition) is 4. The van der Waals surface area contributed by atoms with Crippen molar-refractivity contribution in [1.82, 2.24) is 15.1 Å². The van der Waals surface area contributed by atoms with Gasteiger partial charge in [0.25, 0.3) is 0 Å². The van der Waals surface area contributed by atoms with Gasteiger partial charge in [0.05, 0.1) is 5.69 Å². The van der Waals surface area contributed by atoms with Crippen molar-refractivity contribution in [3.8, 4) is 5.75 Å². The molecule has 6 nitrogen and oxygen atoms in total. The van der Waals surface area contributed by atoms with Crippen molar-refractivity contribution in [3.05, 3.63) is 47.0 Å². The highest BCUT2D eigenvalue weighted by Gasteiger charge is 2.32. The minimum atomic E-state index is -0.985. The molecule has 0 aliphatic carbocycles. The van der Waals surface area contributed by atoms with Gasteiger partial charge in [-0.25, -0.2) is 4.39 Å². The summed E-state index contributed by atoms with van der Waals surface area (Å²) in [7, 11) is 0. The minimum absolute atomic E-state index is 0.101. The summed E-state index contributed by atoms with van der Waals surface area (Å²) in [5, 5.41) is 18.0. The van der Waals surface area contributed by atoms with Crippen LogP contribution in [0.25, 0.3) is 0 Å². The Balaban J connectivity index is 1.50. The standard InChI is InChI=1S/C21H28FN3O3/c1-15-19(16(2)24-23-15)8-9-20(26)25-12-3-10-21(27,11-13-25)14-28-18-6-4-17(22)5-7-18/h4-7,27H,3,8-14H2,1-2H3,(H,23,24). The van der Waals surface area contributed by atoms with Gasteiger partial charge in [0.2, 0.25) is 5.91 Å². The number of amides is 1. The molecule has 1 aliphatic heterocycles. The van der Waals surface area contributed by atoms with Gasteiger partial charge in [0.15, 0.2) is 0 Å². The van der Waals surface area contributed by atoms with E-state index in [2.05, 4.69) is 10.2 Å². The summed E-state index contributed by atoms with van der Waals surface area (Å²) >= 11 is 0. The van der Waals surface area contributed by atoms with Crippen LogP contribution in [-0.2, 0) is 11.2 Å². The average Bonchev–Trinajstić information content (AvgIpc) is 2.87. The van der Waals surface area contributed by atoms with Gasteiger partial charge in [-0.2, -0.15) is 5.10 Å². The Labute approximate surface area is 164 Å². The molecule has 2 aromatic rings. The molecule has 0 bridgehead atoms. The Kier molecular flexibility index (Phi) is 6.34. The van der Waals surface area contributed by atoms with Gasteiger partial charge in [-0.3, -0.25) is 9.89 Å². The second-order valence-corrected chi connectivity index (χ2v) is 7.61. The van der Waals surface area contributed by atoms with E-state index in [9.17, 15) is 14.3 Å². The highest BCUT2D eigenvalue weighted by Crippen LogP contribution is 2.25. The predicted octanol–water partition coefficient (Wildman–Crippen LogP) is 2.92. The maximum Gasteiger partial charge on any atom is 0.222 e. The first-order valence-electron chi connectivity index (χ1n) is 9.75. The third-order valence-electron chi connectivity index (χ3n) is 5.46. The molecular formula is C21H28FN3O3. The second-order valence-electron chi connectivity index (χ2n) is 7.61. The number of carbonyl (C=O) groups is 1. The number of rotatable bonds is 6. The van der Waals surface area contributed by atoms with Crippen LogP contribution in [0, 0.1) is 19.7 Å². The molecule has 1 aliphatic rings. The van der Waals surface area contributed by atoms with Gasteiger partial charge in [-0.15, -0.1) is 0 Å². The van der Waals surface area contributed by atoms with Crippen LogP contribution in [0.3, 0.4) is 0 Å². The molecule has 7 heteroatoms. The Morgan fingerprint density at radius 1 is 1.29 bits per heavy atom. The lowest BCUT2D eigenvalue weighted by Crippen LogP contribution is -2.38. The van der Waals surface area contributed by atoms with Crippen LogP contribution in [0.1, 0.15) is 42.6 Å². The largest absolute Gasteiger partial charge is 0.491 e. The molecule has 1 fully saturated rings. The van der Waals surface area contributed by atoms with E-state index in [1.165, 1.54) is 12.1 Å². The van der Waals surface area contributed by atoms with E-state index in [0.29, 0.717) is 44.5 Å². The van der Waals surface area contributed by atoms with Crippen LogP contribution in [0.2, 0.25) is 0 Å². The second kappa shape index (κ2) is 8.73. The van der Waals surface area contributed by atoms with E-state index < -0.39 is 5.60 Å². The van der Waals surface area contributed by atoms with Gasteiger partial charge >= 0.3 is 0 Å². The third-order valence-corrected chi connectivity index (χ3v) is 5.46. The number of aliphatic hydroxyl groups is 1. The zero-order valence-corrected chi connectivity index (χ0v) is 16.5. The van der Waals surface area contributed by atoms with E-state index in [1.807, 2.05) is 18.7 Å². The van der Waals surface area contributed by atoms with Crippen molar-refractivity contribution in [3.63, 3.8) is 0 Å². The number of aryl methyl sites for hydroxylation is 2. The Bertz CT molecular complexity index is 786. The van der Waals surface area contributed by atoms with Crippen molar-refractivity contribution < 1.29 is 19.0 Å². The van der Waals surface area contributed by atoms with Crippen LogP contribution < -0.4 is 4.74 Å². The number of ether oxygens (including phenoxy) is 1. The molecule has 2 heterocycles. The molecule has 28 heavy (non-hydrogen) atoms. The number of hydrogen-bond donors (Lipinski definition) is 2. The van der Waals surface area contributed by atoms with Gasteiger partial charge in [-0.05, 0) is 69.4 Å². The molecule has 3 rings (SSSR count). The van der Waals surface area contributed by atoms with Crippen LogP contribution in [0.5, 0.6) is 5.75 Å². The number of benzene rings is 1. The minimum Gasteiger partial charge on any atom is -0.491 e. The normalized spacial score (nSPS) is 20.1. The molecule has 152 valence electrons. The quantitative estimate of drug-likeness (QED) is 0.796. The molecule has 1 unspecified atom stereocenters. The molecule has 0 spiro atoms.